The number of hydrogen-bond acceptors (Lipinski definition) is 3. The Bertz CT molecular complexity index is 1210. The maximum Gasteiger partial charge on any atom is 0.209 e. The molecule has 184 valence electrons. The van der Waals surface area contributed by atoms with Gasteiger partial charge in [0.25, 0.3) is 0 Å². The molecule has 2 aliphatic rings. The molecule has 0 fully saturated rings. The minimum atomic E-state index is -0.0981. The predicted molar refractivity (Wildman–Crippen MR) is 148 cm³/mol. The van der Waals surface area contributed by atoms with Crippen molar-refractivity contribution in [1.82, 2.24) is 5.32 Å². The Morgan fingerprint density at radius 1 is 0.971 bits per heavy atom. The summed E-state index contributed by atoms with van der Waals surface area (Å²) in [5, 5.41) is 12.9. The van der Waals surface area contributed by atoms with Crippen molar-refractivity contribution in [3.05, 3.63) is 95.4 Å². The predicted octanol–water partition coefficient (Wildman–Crippen LogP) is 5.81. The molecule has 0 aliphatic carbocycles. The SMILES string of the molecule is CCN1C(=CC(=CC=CC2=[N+](CC)c3ccccc3C2(C)C)NCCO)C(C)(C)c2ccccc21. The number of aliphatic hydroxyl groups is 1. The molecular formula is C31H40N3O+. The normalized spacial score (nSPS) is 19.6. The Morgan fingerprint density at radius 3 is 2.34 bits per heavy atom. The maximum absolute atomic E-state index is 9.50. The average Bonchev–Trinajstić information content (AvgIpc) is 3.21. The molecule has 2 heterocycles. The summed E-state index contributed by atoms with van der Waals surface area (Å²) in [5.41, 5.74) is 8.72. The van der Waals surface area contributed by atoms with Crippen LogP contribution in [-0.2, 0) is 10.8 Å². The van der Waals surface area contributed by atoms with E-state index in [0.29, 0.717) is 6.54 Å². The molecule has 2 aromatic carbocycles. The third kappa shape index (κ3) is 4.36. The van der Waals surface area contributed by atoms with Crippen LogP contribution in [0.25, 0.3) is 0 Å². The number of benzene rings is 2. The van der Waals surface area contributed by atoms with Crippen molar-refractivity contribution in [1.29, 1.82) is 0 Å². The van der Waals surface area contributed by atoms with E-state index in [0.717, 1.165) is 18.8 Å². The summed E-state index contributed by atoms with van der Waals surface area (Å²) < 4.78 is 2.41. The van der Waals surface area contributed by atoms with Crippen LogP contribution < -0.4 is 10.2 Å². The molecule has 4 rings (SSSR count). The van der Waals surface area contributed by atoms with E-state index in [1.54, 1.807) is 0 Å². The van der Waals surface area contributed by atoms with Crippen molar-refractivity contribution < 1.29 is 9.68 Å². The van der Waals surface area contributed by atoms with Crippen molar-refractivity contribution in [2.45, 2.75) is 52.4 Å². The number of aliphatic hydroxyl groups excluding tert-OH is 1. The summed E-state index contributed by atoms with van der Waals surface area (Å²) in [6.07, 6.45) is 8.78. The lowest BCUT2D eigenvalue weighted by Gasteiger charge is -2.27. The van der Waals surface area contributed by atoms with Crippen LogP contribution in [0.1, 0.15) is 52.7 Å². The van der Waals surface area contributed by atoms with Crippen LogP contribution in [0.2, 0.25) is 0 Å². The van der Waals surface area contributed by atoms with E-state index in [9.17, 15) is 5.11 Å². The van der Waals surface area contributed by atoms with Gasteiger partial charge in [-0.3, -0.25) is 0 Å². The van der Waals surface area contributed by atoms with Gasteiger partial charge in [0.15, 0.2) is 5.71 Å². The number of nitrogens with zero attached hydrogens (tertiary/aromatic N) is 2. The van der Waals surface area contributed by atoms with Crippen molar-refractivity contribution in [2.75, 3.05) is 31.1 Å². The quantitative estimate of drug-likeness (QED) is 0.378. The van der Waals surface area contributed by atoms with E-state index < -0.39 is 0 Å². The van der Waals surface area contributed by atoms with Crippen LogP contribution in [0.5, 0.6) is 0 Å². The fourth-order valence-electron chi connectivity index (χ4n) is 5.67. The van der Waals surface area contributed by atoms with Gasteiger partial charge in [0.1, 0.15) is 6.54 Å². The highest BCUT2D eigenvalue weighted by Crippen LogP contribution is 2.47. The molecule has 4 heteroatoms. The van der Waals surface area contributed by atoms with E-state index in [4.69, 9.17) is 0 Å². The maximum atomic E-state index is 9.50. The van der Waals surface area contributed by atoms with Crippen molar-refractivity contribution in [3.8, 4) is 0 Å². The van der Waals surface area contributed by atoms with E-state index >= 15 is 0 Å². The van der Waals surface area contributed by atoms with Gasteiger partial charge in [0.2, 0.25) is 5.69 Å². The first-order valence-corrected chi connectivity index (χ1v) is 12.8. The Labute approximate surface area is 211 Å². The lowest BCUT2D eigenvalue weighted by atomic mass is 9.81. The molecule has 4 nitrogen and oxygen atoms in total. The number of allylic oxidation sites excluding steroid dienone is 5. The third-order valence-corrected chi connectivity index (χ3v) is 7.49. The topological polar surface area (TPSA) is 38.5 Å². The highest BCUT2D eigenvalue weighted by molar-refractivity contribution is 6.03. The number of fused-ring (bicyclic) bond motifs is 2. The summed E-state index contributed by atoms with van der Waals surface area (Å²) in [6, 6.07) is 17.4. The molecule has 2 aliphatic heterocycles. The molecule has 0 radical (unpaired) electrons. The molecular weight excluding hydrogens is 430 g/mol. The summed E-state index contributed by atoms with van der Waals surface area (Å²) in [4.78, 5) is 2.40. The van der Waals surface area contributed by atoms with Crippen LogP contribution in [0.3, 0.4) is 0 Å². The second-order valence-electron chi connectivity index (χ2n) is 10.3. The lowest BCUT2D eigenvalue weighted by molar-refractivity contribution is -0.433. The van der Waals surface area contributed by atoms with Crippen LogP contribution in [-0.4, -0.2) is 41.6 Å². The lowest BCUT2D eigenvalue weighted by Crippen LogP contribution is -2.28. The molecule has 0 atom stereocenters. The molecule has 0 spiro atoms. The molecule has 2 aromatic rings. The summed E-state index contributed by atoms with van der Waals surface area (Å²) in [5.74, 6) is 0. The first-order valence-electron chi connectivity index (χ1n) is 12.8. The fourth-order valence-corrected chi connectivity index (χ4v) is 5.67. The van der Waals surface area contributed by atoms with Gasteiger partial charge in [0.05, 0.1) is 12.0 Å². The Kier molecular flexibility index (Phi) is 7.05. The molecule has 0 aromatic heterocycles. The molecule has 0 saturated carbocycles. The zero-order valence-corrected chi connectivity index (χ0v) is 22.1. The highest BCUT2D eigenvalue weighted by Gasteiger charge is 2.43. The van der Waals surface area contributed by atoms with Crippen LogP contribution in [0.4, 0.5) is 11.4 Å². The Hall–Kier alpha value is -3.11. The minimum Gasteiger partial charge on any atom is -0.395 e. The van der Waals surface area contributed by atoms with Gasteiger partial charge in [-0.05, 0) is 51.5 Å². The smallest absolute Gasteiger partial charge is 0.209 e. The van der Waals surface area contributed by atoms with Crippen molar-refractivity contribution in [3.63, 3.8) is 0 Å². The summed E-state index contributed by atoms with van der Waals surface area (Å²) in [6.45, 7) is 16.0. The first kappa shape index (κ1) is 25.0. The van der Waals surface area contributed by atoms with Crippen molar-refractivity contribution >= 4 is 17.1 Å². The van der Waals surface area contributed by atoms with Crippen LogP contribution in [0.15, 0.2) is 84.2 Å². The van der Waals surface area contributed by atoms with Gasteiger partial charge in [0, 0.05) is 53.3 Å². The Balaban J connectivity index is 1.72. The third-order valence-electron chi connectivity index (χ3n) is 7.49. The monoisotopic (exact) mass is 470 g/mol. The molecule has 0 saturated heterocycles. The van der Waals surface area contributed by atoms with Gasteiger partial charge in [-0.15, -0.1) is 0 Å². The molecule has 2 N–H and O–H groups in total. The summed E-state index contributed by atoms with van der Waals surface area (Å²) in [7, 11) is 0. The van der Waals surface area contributed by atoms with Crippen molar-refractivity contribution in [2.24, 2.45) is 0 Å². The molecule has 0 unspecified atom stereocenters. The summed E-state index contributed by atoms with van der Waals surface area (Å²) >= 11 is 0. The van der Waals surface area contributed by atoms with E-state index in [2.05, 4.69) is 129 Å². The first-order chi connectivity index (χ1) is 16.8. The number of rotatable bonds is 8. The number of hydrogen-bond donors (Lipinski definition) is 2. The van der Waals surface area contributed by atoms with Gasteiger partial charge in [-0.25, -0.2) is 0 Å². The second kappa shape index (κ2) is 9.87. The molecule has 0 bridgehead atoms. The highest BCUT2D eigenvalue weighted by atomic mass is 16.3. The van der Waals surface area contributed by atoms with Gasteiger partial charge < -0.3 is 15.3 Å². The van der Waals surface area contributed by atoms with Crippen LogP contribution >= 0.6 is 0 Å². The largest absolute Gasteiger partial charge is 0.395 e. The zero-order chi connectivity index (χ0) is 25.2. The number of likely N-dealkylation sites (N-methyl/N-ethyl adjacent to an activating group) is 1. The van der Waals surface area contributed by atoms with Gasteiger partial charge in [-0.1, -0.05) is 56.3 Å². The number of nitrogens with one attached hydrogen (secondary N) is 1. The minimum absolute atomic E-state index is 0.0534. The van der Waals surface area contributed by atoms with E-state index in [-0.39, 0.29) is 17.4 Å². The Morgan fingerprint density at radius 2 is 1.66 bits per heavy atom. The van der Waals surface area contributed by atoms with E-state index in [1.807, 2.05) is 0 Å². The molecule has 35 heavy (non-hydrogen) atoms. The second-order valence-corrected chi connectivity index (χ2v) is 10.3. The van der Waals surface area contributed by atoms with Crippen LogP contribution in [0, 0.1) is 0 Å². The van der Waals surface area contributed by atoms with Gasteiger partial charge >= 0.3 is 0 Å². The van der Waals surface area contributed by atoms with Gasteiger partial charge in [-0.2, -0.15) is 4.58 Å². The fraction of sp³-hybridized carbons (Fsp3) is 0.387. The molecule has 0 amide bonds. The average molecular weight is 471 g/mol. The standard InChI is InChI=1S/C31H39N3O/c1-7-33-26-17-11-9-15-24(26)30(3,4)28(33)19-13-14-23(32-20-21-35)22-29-31(5,6)25-16-10-12-18-27(25)34(29)8-2/h9-19,22,35H,7-8,20-21H2,1-6H3/p+1. The number of para-hydroxylation sites is 2. The van der Waals surface area contributed by atoms with E-state index in [1.165, 1.54) is 33.9 Å². The zero-order valence-electron chi connectivity index (χ0n) is 22.1. The number of anilines is 1.